The third kappa shape index (κ3) is 3.80. The van der Waals surface area contributed by atoms with Gasteiger partial charge in [-0.15, -0.1) is 0 Å². The monoisotopic (exact) mass is 341 g/mol. The zero-order valence-electron chi connectivity index (χ0n) is 12.3. The summed E-state index contributed by atoms with van der Waals surface area (Å²) in [6.07, 6.45) is 3.07. The van der Waals surface area contributed by atoms with Crippen LogP contribution in [0.5, 0.6) is 0 Å². The third-order valence-corrected chi connectivity index (χ3v) is 4.04. The molecule has 1 amide bonds. The normalized spacial score (nSPS) is 13.7. The molecule has 0 saturated heterocycles. The molecule has 2 aromatic rings. The molecular weight excluding hydrogens is 325 g/mol. The van der Waals surface area contributed by atoms with Crippen molar-refractivity contribution in [1.29, 1.82) is 0 Å². The first kappa shape index (κ1) is 16.8. The molecule has 22 heavy (non-hydrogen) atoms. The molecule has 2 N–H and O–H groups in total. The van der Waals surface area contributed by atoms with Crippen LogP contribution in [-0.2, 0) is 0 Å². The van der Waals surface area contributed by atoms with Gasteiger partial charge in [-0.05, 0) is 31.0 Å². The second-order valence-corrected chi connectivity index (χ2v) is 6.03. The average Bonchev–Trinajstić information content (AvgIpc) is 2.95. The molecular formula is C15H17Cl2N3O2. The van der Waals surface area contributed by atoms with E-state index in [0.29, 0.717) is 21.3 Å². The predicted octanol–water partition coefficient (Wildman–Crippen LogP) is 2.93. The lowest BCUT2D eigenvalue weighted by Crippen LogP contribution is -2.38. The number of hydrogen-bond acceptors (Lipinski definition) is 3. The van der Waals surface area contributed by atoms with E-state index in [1.165, 1.54) is 10.9 Å². The van der Waals surface area contributed by atoms with Crippen molar-refractivity contribution in [2.24, 2.45) is 5.92 Å². The highest BCUT2D eigenvalue weighted by molar-refractivity contribution is 6.35. The lowest BCUT2D eigenvalue weighted by atomic mass is 10.1. The molecule has 0 saturated carbocycles. The Balaban J connectivity index is 2.16. The third-order valence-electron chi connectivity index (χ3n) is 3.50. The van der Waals surface area contributed by atoms with Gasteiger partial charge in [0.2, 0.25) is 0 Å². The minimum atomic E-state index is -0.246. The first-order chi connectivity index (χ1) is 10.4. The zero-order valence-corrected chi connectivity index (χ0v) is 13.8. The van der Waals surface area contributed by atoms with Gasteiger partial charge in [0.25, 0.3) is 5.91 Å². The highest BCUT2D eigenvalue weighted by atomic mass is 35.5. The average molecular weight is 342 g/mol. The van der Waals surface area contributed by atoms with Crippen molar-refractivity contribution >= 4 is 29.1 Å². The molecule has 0 fully saturated rings. The fourth-order valence-electron chi connectivity index (χ4n) is 1.83. The number of benzene rings is 1. The van der Waals surface area contributed by atoms with Crippen molar-refractivity contribution < 1.29 is 9.90 Å². The Kier molecular flexibility index (Phi) is 5.45. The number of rotatable bonds is 5. The van der Waals surface area contributed by atoms with Crippen molar-refractivity contribution in [3.63, 3.8) is 0 Å². The maximum Gasteiger partial charge on any atom is 0.254 e. The van der Waals surface area contributed by atoms with Crippen LogP contribution < -0.4 is 5.32 Å². The van der Waals surface area contributed by atoms with E-state index in [0.717, 1.165) is 0 Å². The number of halogens is 2. The minimum absolute atomic E-state index is 0.0150. The number of nitrogens with one attached hydrogen (secondary N) is 1. The molecule has 0 aliphatic carbocycles. The Hall–Kier alpha value is -1.56. The van der Waals surface area contributed by atoms with Gasteiger partial charge in [0.15, 0.2) is 0 Å². The molecule has 0 bridgehead atoms. The second kappa shape index (κ2) is 7.13. The van der Waals surface area contributed by atoms with Crippen molar-refractivity contribution in [3.8, 4) is 5.69 Å². The number of carbonyl (C=O) groups is 1. The van der Waals surface area contributed by atoms with Crippen molar-refractivity contribution in [2.45, 2.75) is 19.9 Å². The molecule has 5 nitrogen and oxygen atoms in total. The summed E-state index contributed by atoms with van der Waals surface area (Å²) < 4.78 is 1.52. The molecule has 0 aliphatic rings. The molecule has 0 radical (unpaired) electrons. The van der Waals surface area contributed by atoms with E-state index in [2.05, 4.69) is 10.4 Å². The molecule has 1 heterocycles. The van der Waals surface area contributed by atoms with Crippen LogP contribution in [0.4, 0.5) is 0 Å². The molecule has 2 atom stereocenters. The quantitative estimate of drug-likeness (QED) is 0.878. The van der Waals surface area contributed by atoms with E-state index in [1.807, 2.05) is 13.8 Å². The fraction of sp³-hybridized carbons (Fsp3) is 0.333. The lowest BCUT2D eigenvalue weighted by molar-refractivity contribution is 0.0916. The van der Waals surface area contributed by atoms with Crippen LogP contribution in [0, 0.1) is 5.92 Å². The van der Waals surface area contributed by atoms with Crippen LogP contribution >= 0.6 is 23.2 Å². The molecule has 1 aromatic heterocycles. The Morgan fingerprint density at radius 3 is 2.77 bits per heavy atom. The van der Waals surface area contributed by atoms with Gasteiger partial charge in [0, 0.05) is 23.9 Å². The van der Waals surface area contributed by atoms with Gasteiger partial charge in [-0.1, -0.05) is 30.1 Å². The van der Waals surface area contributed by atoms with Crippen molar-refractivity contribution in [3.05, 3.63) is 46.2 Å². The highest BCUT2D eigenvalue weighted by Crippen LogP contribution is 2.24. The van der Waals surface area contributed by atoms with Crippen LogP contribution in [0.15, 0.2) is 30.6 Å². The van der Waals surface area contributed by atoms with Gasteiger partial charge in [-0.2, -0.15) is 5.10 Å². The summed E-state index contributed by atoms with van der Waals surface area (Å²) in [7, 11) is 0. The molecule has 2 unspecified atom stereocenters. The predicted molar refractivity (Wildman–Crippen MR) is 86.8 cm³/mol. The van der Waals surface area contributed by atoms with Crippen LogP contribution in [0.3, 0.4) is 0 Å². The van der Waals surface area contributed by atoms with Crippen molar-refractivity contribution in [1.82, 2.24) is 15.1 Å². The first-order valence-electron chi connectivity index (χ1n) is 6.84. The Labute approximate surface area is 138 Å². The molecule has 118 valence electrons. The lowest BCUT2D eigenvalue weighted by Gasteiger charge is -2.18. The van der Waals surface area contributed by atoms with E-state index in [1.54, 1.807) is 24.4 Å². The van der Waals surface area contributed by atoms with Gasteiger partial charge in [0.05, 0.1) is 22.5 Å². The molecule has 2 rings (SSSR count). The summed E-state index contributed by atoms with van der Waals surface area (Å²) in [5.74, 6) is -0.270. The van der Waals surface area contributed by atoms with Crippen molar-refractivity contribution in [2.75, 3.05) is 6.61 Å². The molecule has 0 spiro atoms. The van der Waals surface area contributed by atoms with E-state index < -0.39 is 0 Å². The minimum Gasteiger partial charge on any atom is -0.396 e. The zero-order chi connectivity index (χ0) is 16.3. The highest BCUT2D eigenvalue weighted by Gasteiger charge is 2.17. The van der Waals surface area contributed by atoms with Crippen LogP contribution in [0.1, 0.15) is 24.2 Å². The number of amides is 1. The second-order valence-electron chi connectivity index (χ2n) is 5.19. The maximum absolute atomic E-state index is 12.2. The summed E-state index contributed by atoms with van der Waals surface area (Å²) in [4.78, 5) is 12.2. The summed E-state index contributed by atoms with van der Waals surface area (Å²) in [5.41, 5.74) is 1.06. The number of hydrogen-bond donors (Lipinski definition) is 2. The summed E-state index contributed by atoms with van der Waals surface area (Å²) in [5, 5.41) is 17.1. The number of aliphatic hydroxyl groups excluding tert-OH is 1. The maximum atomic E-state index is 12.2. The van der Waals surface area contributed by atoms with E-state index >= 15 is 0 Å². The van der Waals surface area contributed by atoms with E-state index in [9.17, 15) is 4.79 Å². The van der Waals surface area contributed by atoms with E-state index in [-0.39, 0.29) is 24.5 Å². The SMILES string of the molecule is CC(CO)C(C)NC(=O)c1cnn(-c2ccc(Cl)cc2Cl)c1. The van der Waals surface area contributed by atoms with Gasteiger partial charge in [-0.3, -0.25) is 4.79 Å². The van der Waals surface area contributed by atoms with Crippen LogP contribution in [0.25, 0.3) is 5.69 Å². The molecule has 7 heteroatoms. The first-order valence-corrected chi connectivity index (χ1v) is 7.59. The molecule has 1 aromatic carbocycles. The van der Waals surface area contributed by atoms with Gasteiger partial charge >= 0.3 is 0 Å². The Morgan fingerprint density at radius 1 is 1.41 bits per heavy atom. The summed E-state index contributed by atoms with van der Waals surface area (Å²) in [6, 6.07) is 4.91. The number of aliphatic hydroxyl groups is 1. The topological polar surface area (TPSA) is 67.2 Å². The summed E-state index contributed by atoms with van der Waals surface area (Å²) in [6.45, 7) is 3.72. The fourth-order valence-corrected chi connectivity index (χ4v) is 2.32. The molecule has 0 aliphatic heterocycles. The van der Waals surface area contributed by atoms with Gasteiger partial charge < -0.3 is 10.4 Å². The van der Waals surface area contributed by atoms with Crippen LogP contribution in [0.2, 0.25) is 10.0 Å². The standard InChI is InChI=1S/C15H17Cl2N3O2/c1-9(8-21)10(2)19-15(22)11-6-18-20(7-11)14-4-3-12(16)5-13(14)17/h3-7,9-10,21H,8H2,1-2H3,(H,19,22). The number of nitrogens with zero attached hydrogens (tertiary/aromatic N) is 2. The number of aromatic nitrogens is 2. The number of carbonyl (C=O) groups excluding carboxylic acids is 1. The Bertz CT molecular complexity index is 673. The summed E-state index contributed by atoms with van der Waals surface area (Å²) >= 11 is 12.0. The smallest absolute Gasteiger partial charge is 0.254 e. The largest absolute Gasteiger partial charge is 0.396 e. The van der Waals surface area contributed by atoms with Gasteiger partial charge in [-0.25, -0.2) is 4.68 Å². The van der Waals surface area contributed by atoms with E-state index in [4.69, 9.17) is 28.3 Å². The Morgan fingerprint density at radius 2 is 2.14 bits per heavy atom. The van der Waals surface area contributed by atoms with Gasteiger partial charge in [0.1, 0.15) is 0 Å². The van der Waals surface area contributed by atoms with Crippen LogP contribution in [-0.4, -0.2) is 33.4 Å².